The first kappa shape index (κ1) is 26.2. The minimum atomic E-state index is -1.07. The van der Waals surface area contributed by atoms with E-state index in [0.29, 0.717) is 24.6 Å². The first-order chi connectivity index (χ1) is 16.9. The Bertz CT molecular complexity index is 999. The van der Waals surface area contributed by atoms with Crippen LogP contribution in [0.5, 0.6) is 0 Å². The summed E-state index contributed by atoms with van der Waals surface area (Å²) < 4.78 is 5.27. The fraction of sp³-hybridized carbons (Fsp3) is 0.552. The number of likely N-dealkylation sites (tertiary alicyclic amines) is 1. The highest BCUT2D eigenvalue weighted by Crippen LogP contribution is 2.45. The number of amides is 1. The SMILES string of the molecule is COCCCC[C@@](O)(c1ccccc1-c1ccccc1Cl)[C@@H]1CCCN(C(=O)[C@@H]2CC[C@H](N)C2)C1. The quantitative estimate of drug-likeness (QED) is 0.455. The average Bonchev–Trinajstić information content (AvgIpc) is 3.32. The molecule has 6 heteroatoms. The number of hydrogen-bond donors (Lipinski definition) is 2. The molecule has 2 aromatic rings. The topological polar surface area (TPSA) is 75.8 Å². The lowest BCUT2D eigenvalue weighted by atomic mass is 9.72. The summed E-state index contributed by atoms with van der Waals surface area (Å²) in [5, 5.41) is 13.2. The van der Waals surface area contributed by atoms with Crippen LogP contribution in [0.1, 0.15) is 56.9 Å². The molecule has 0 radical (unpaired) electrons. The van der Waals surface area contributed by atoms with Gasteiger partial charge in [0.15, 0.2) is 0 Å². The molecule has 1 saturated carbocycles. The third kappa shape index (κ3) is 5.91. The second kappa shape index (κ2) is 11.9. The number of methoxy groups -OCH3 is 1. The van der Waals surface area contributed by atoms with Gasteiger partial charge in [0, 0.05) is 55.3 Å². The third-order valence-corrected chi connectivity index (χ3v) is 8.27. The predicted molar refractivity (Wildman–Crippen MR) is 141 cm³/mol. The molecular weight excluding hydrogens is 460 g/mol. The van der Waals surface area contributed by atoms with Crippen molar-refractivity contribution in [2.75, 3.05) is 26.8 Å². The fourth-order valence-electron chi connectivity index (χ4n) is 6.04. The average molecular weight is 499 g/mol. The Morgan fingerprint density at radius 1 is 1.11 bits per heavy atom. The maximum Gasteiger partial charge on any atom is 0.225 e. The molecule has 190 valence electrons. The van der Waals surface area contributed by atoms with E-state index in [1.54, 1.807) is 7.11 Å². The van der Waals surface area contributed by atoms with Crippen molar-refractivity contribution in [3.63, 3.8) is 0 Å². The summed E-state index contributed by atoms with van der Waals surface area (Å²) in [7, 11) is 1.71. The van der Waals surface area contributed by atoms with Crippen molar-refractivity contribution in [1.82, 2.24) is 4.90 Å². The van der Waals surface area contributed by atoms with Crippen LogP contribution in [0, 0.1) is 11.8 Å². The van der Waals surface area contributed by atoms with Crippen LogP contribution in [0.4, 0.5) is 0 Å². The molecule has 2 fully saturated rings. The lowest BCUT2D eigenvalue weighted by Crippen LogP contribution is -2.49. The van der Waals surface area contributed by atoms with E-state index in [-0.39, 0.29) is 23.8 Å². The second-order valence-corrected chi connectivity index (χ2v) is 10.7. The van der Waals surface area contributed by atoms with Gasteiger partial charge in [-0.25, -0.2) is 0 Å². The highest BCUT2D eigenvalue weighted by Gasteiger charge is 2.43. The van der Waals surface area contributed by atoms with Crippen LogP contribution in [-0.2, 0) is 15.1 Å². The molecule has 5 nitrogen and oxygen atoms in total. The summed E-state index contributed by atoms with van der Waals surface area (Å²) in [6.07, 6.45) is 6.66. The summed E-state index contributed by atoms with van der Waals surface area (Å²) in [6.45, 7) is 1.99. The van der Waals surface area contributed by atoms with Gasteiger partial charge in [-0.2, -0.15) is 0 Å². The van der Waals surface area contributed by atoms with Crippen molar-refractivity contribution in [1.29, 1.82) is 0 Å². The van der Waals surface area contributed by atoms with Crippen LogP contribution in [-0.4, -0.2) is 48.8 Å². The number of benzene rings is 2. The van der Waals surface area contributed by atoms with Gasteiger partial charge in [-0.05, 0) is 68.6 Å². The second-order valence-electron chi connectivity index (χ2n) is 10.3. The molecule has 1 aliphatic carbocycles. The van der Waals surface area contributed by atoms with Gasteiger partial charge in [0.25, 0.3) is 0 Å². The third-order valence-electron chi connectivity index (χ3n) is 7.94. The molecule has 2 aliphatic rings. The van der Waals surface area contributed by atoms with Crippen molar-refractivity contribution in [3.05, 3.63) is 59.1 Å². The number of carbonyl (C=O) groups is 1. The maximum atomic E-state index is 13.3. The standard InChI is InChI=1S/C29H39ClN2O3/c1-35-18-7-6-16-29(34,26-12-4-2-10-24(26)25-11-3-5-13-27(25)30)22-9-8-17-32(20-22)28(33)21-14-15-23(31)19-21/h2-5,10-13,21-23,34H,6-9,14-20,31H2,1H3/t21-,22-,23+,29+/m1/s1. The minimum absolute atomic E-state index is 0.0222. The molecule has 0 aromatic heterocycles. The van der Waals surface area contributed by atoms with Crippen molar-refractivity contribution < 1.29 is 14.6 Å². The Hall–Kier alpha value is -1.92. The molecule has 1 saturated heterocycles. The Labute approximate surface area is 214 Å². The number of aliphatic hydroxyl groups is 1. The van der Waals surface area contributed by atoms with Gasteiger partial charge < -0.3 is 20.5 Å². The Morgan fingerprint density at radius 3 is 2.57 bits per heavy atom. The summed E-state index contributed by atoms with van der Waals surface area (Å²) in [6, 6.07) is 16.0. The van der Waals surface area contributed by atoms with Crippen LogP contribution < -0.4 is 5.73 Å². The van der Waals surface area contributed by atoms with Crippen molar-refractivity contribution >= 4 is 17.5 Å². The number of rotatable bonds is 9. The first-order valence-corrected chi connectivity index (χ1v) is 13.4. The van der Waals surface area contributed by atoms with Crippen molar-refractivity contribution in [3.8, 4) is 11.1 Å². The Morgan fingerprint density at radius 2 is 1.86 bits per heavy atom. The Kier molecular flexibility index (Phi) is 8.87. The Balaban J connectivity index is 1.65. The molecule has 0 bridgehead atoms. The van der Waals surface area contributed by atoms with E-state index in [0.717, 1.165) is 68.2 Å². The van der Waals surface area contributed by atoms with E-state index in [4.69, 9.17) is 22.1 Å². The highest BCUT2D eigenvalue weighted by molar-refractivity contribution is 6.33. The molecule has 4 atom stereocenters. The van der Waals surface area contributed by atoms with E-state index >= 15 is 0 Å². The van der Waals surface area contributed by atoms with Gasteiger partial charge in [-0.1, -0.05) is 54.1 Å². The van der Waals surface area contributed by atoms with Crippen molar-refractivity contribution in [2.24, 2.45) is 17.6 Å². The molecular formula is C29H39ClN2O3. The number of ether oxygens (including phenoxy) is 1. The number of halogens is 1. The van der Waals surface area contributed by atoms with E-state index in [9.17, 15) is 9.90 Å². The summed E-state index contributed by atoms with van der Waals surface area (Å²) >= 11 is 6.60. The lowest BCUT2D eigenvalue weighted by Gasteiger charge is -2.44. The molecule has 0 spiro atoms. The summed E-state index contributed by atoms with van der Waals surface area (Å²) in [4.78, 5) is 15.3. The maximum absolute atomic E-state index is 13.3. The number of piperidine rings is 1. The zero-order valence-electron chi connectivity index (χ0n) is 20.8. The number of carbonyl (C=O) groups excluding carboxylic acids is 1. The van der Waals surface area contributed by atoms with Crippen LogP contribution >= 0.6 is 11.6 Å². The number of nitrogens with zero attached hydrogens (tertiary/aromatic N) is 1. The predicted octanol–water partition coefficient (Wildman–Crippen LogP) is 5.38. The zero-order chi connectivity index (χ0) is 24.8. The van der Waals surface area contributed by atoms with Crippen LogP contribution in [0.25, 0.3) is 11.1 Å². The van der Waals surface area contributed by atoms with Gasteiger partial charge in [0.05, 0.1) is 5.60 Å². The highest BCUT2D eigenvalue weighted by atomic mass is 35.5. The molecule has 1 amide bonds. The molecule has 4 rings (SSSR count). The molecule has 1 heterocycles. The normalized spacial score (nSPS) is 24.3. The summed E-state index contributed by atoms with van der Waals surface area (Å²) in [5.41, 5.74) is 7.79. The molecule has 35 heavy (non-hydrogen) atoms. The first-order valence-electron chi connectivity index (χ1n) is 13.0. The number of nitrogens with two attached hydrogens (primary N) is 1. The van der Waals surface area contributed by atoms with E-state index in [1.165, 1.54) is 0 Å². The number of hydrogen-bond acceptors (Lipinski definition) is 4. The van der Waals surface area contributed by atoms with E-state index < -0.39 is 5.60 Å². The van der Waals surface area contributed by atoms with Gasteiger partial charge in [0.1, 0.15) is 0 Å². The molecule has 1 aliphatic heterocycles. The van der Waals surface area contributed by atoms with Crippen LogP contribution in [0.3, 0.4) is 0 Å². The van der Waals surface area contributed by atoms with Crippen LogP contribution in [0.15, 0.2) is 48.5 Å². The van der Waals surface area contributed by atoms with E-state index in [2.05, 4.69) is 0 Å². The lowest BCUT2D eigenvalue weighted by molar-refractivity contribution is -0.140. The van der Waals surface area contributed by atoms with E-state index in [1.807, 2.05) is 53.4 Å². The van der Waals surface area contributed by atoms with Crippen molar-refractivity contribution in [2.45, 2.75) is 63.0 Å². The van der Waals surface area contributed by atoms with Crippen LogP contribution in [0.2, 0.25) is 5.02 Å². The van der Waals surface area contributed by atoms with Gasteiger partial charge in [-0.3, -0.25) is 4.79 Å². The largest absolute Gasteiger partial charge is 0.385 e. The van der Waals surface area contributed by atoms with Gasteiger partial charge >= 0.3 is 0 Å². The fourth-order valence-corrected chi connectivity index (χ4v) is 6.28. The number of unbranched alkanes of at least 4 members (excludes halogenated alkanes) is 1. The van der Waals surface area contributed by atoms with Gasteiger partial charge in [-0.15, -0.1) is 0 Å². The minimum Gasteiger partial charge on any atom is -0.385 e. The molecule has 3 N–H and O–H groups in total. The summed E-state index contributed by atoms with van der Waals surface area (Å²) in [5.74, 6) is 0.180. The monoisotopic (exact) mass is 498 g/mol. The zero-order valence-corrected chi connectivity index (χ0v) is 21.6. The molecule has 0 unspecified atom stereocenters. The smallest absolute Gasteiger partial charge is 0.225 e. The molecule has 2 aromatic carbocycles. The van der Waals surface area contributed by atoms with Gasteiger partial charge in [0.2, 0.25) is 5.91 Å².